The van der Waals surface area contributed by atoms with E-state index in [1.807, 2.05) is 12.1 Å². The van der Waals surface area contributed by atoms with E-state index in [1.165, 1.54) is 54.6 Å². The molecule has 25 heteroatoms. The predicted octanol–water partition coefficient (Wildman–Crippen LogP) is 16.4. The summed E-state index contributed by atoms with van der Waals surface area (Å²) < 4.78 is 157. The molecule has 2 amide bonds. The number of hydrogen-bond donors (Lipinski definition) is 3. The van der Waals surface area contributed by atoms with Gasteiger partial charge in [-0.05, 0) is 162 Å². The number of halogens is 13. The number of carbonyl (C=O) groups excluding carboxylic acids is 2. The second-order valence-electron chi connectivity index (χ2n) is 20.2. The van der Waals surface area contributed by atoms with Gasteiger partial charge in [-0.2, -0.15) is 47.9 Å². The molecule has 0 radical (unpaired) electrons. The Bertz CT molecular complexity index is 3250. The molecule has 6 aromatic carbocycles. The summed E-state index contributed by atoms with van der Waals surface area (Å²) in [6.07, 6.45) is -10.2. The van der Waals surface area contributed by atoms with Crippen LogP contribution in [0.1, 0.15) is 65.5 Å². The van der Waals surface area contributed by atoms with Gasteiger partial charge in [0.25, 0.3) is 0 Å². The zero-order chi connectivity index (χ0) is 58.0. The van der Waals surface area contributed by atoms with Crippen molar-refractivity contribution in [3.63, 3.8) is 0 Å². The molecule has 0 aromatic heterocycles. The fourth-order valence-electron chi connectivity index (χ4n) is 8.67. The van der Waals surface area contributed by atoms with Gasteiger partial charge in [0.1, 0.15) is 27.8 Å². The predicted molar refractivity (Wildman–Crippen MR) is 286 cm³/mol. The molecule has 2 fully saturated rings. The van der Waals surface area contributed by atoms with Crippen LogP contribution in [0.3, 0.4) is 0 Å². The third kappa shape index (κ3) is 15.0. The van der Waals surface area contributed by atoms with Crippen LogP contribution in [0.25, 0.3) is 21.5 Å². The fourth-order valence-corrected chi connectivity index (χ4v) is 10.2. The lowest BCUT2D eigenvalue weighted by molar-refractivity contribution is -0.185. The highest BCUT2D eigenvalue weighted by Gasteiger charge is 2.60. The van der Waals surface area contributed by atoms with Crippen LogP contribution < -0.4 is 25.0 Å². The van der Waals surface area contributed by atoms with Crippen molar-refractivity contribution in [3.8, 4) is 5.75 Å². The summed E-state index contributed by atoms with van der Waals surface area (Å²) in [5.74, 6) is -0.496. The molecular weight excluding hydrogens is 1150 g/mol. The molecule has 6 aromatic rings. The first-order chi connectivity index (χ1) is 35.9. The molecule has 2 aliphatic rings. The number of nitrogens with zero attached hydrogens (tertiary/aromatic N) is 1. The number of rotatable bonds is 7. The maximum Gasteiger partial charge on any atom is 0.534 e. The summed E-state index contributed by atoms with van der Waals surface area (Å²) in [5.41, 5.74) is -9.07. The second-order valence-corrected chi connectivity index (χ2v) is 23.5. The van der Waals surface area contributed by atoms with Crippen LogP contribution in [0.15, 0.2) is 109 Å². The molecule has 422 valence electrons. The Morgan fingerprint density at radius 1 is 0.590 bits per heavy atom. The number of nitrogens with one attached hydrogen (secondary N) is 3. The van der Waals surface area contributed by atoms with E-state index < -0.39 is 67.9 Å². The van der Waals surface area contributed by atoms with Crippen molar-refractivity contribution in [1.29, 1.82) is 0 Å². The van der Waals surface area contributed by atoms with E-state index in [0.717, 1.165) is 22.9 Å². The van der Waals surface area contributed by atoms with Gasteiger partial charge in [-0.3, -0.25) is 10.6 Å². The topological polar surface area (TPSA) is 135 Å². The van der Waals surface area contributed by atoms with Crippen LogP contribution in [0, 0.1) is 0 Å². The van der Waals surface area contributed by atoms with Crippen LogP contribution in [-0.4, -0.2) is 75.8 Å². The van der Waals surface area contributed by atoms with Crippen molar-refractivity contribution in [1.82, 2.24) is 5.32 Å². The third-order valence-electron chi connectivity index (χ3n) is 12.2. The van der Waals surface area contributed by atoms with E-state index in [4.69, 9.17) is 55.9 Å². The molecule has 11 nitrogen and oxygen atoms in total. The van der Waals surface area contributed by atoms with E-state index in [0.29, 0.717) is 34.4 Å². The molecule has 78 heavy (non-hydrogen) atoms. The smallest absolute Gasteiger partial charge is 0.444 e. The summed E-state index contributed by atoms with van der Waals surface area (Å²) in [4.78, 5) is 25.8. The Balaban J connectivity index is 0.000000201. The van der Waals surface area contributed by atoms with Crippen molar-refractivity contribution < 1.29 is 71.2 Å². The number of carbonyl (C=O) groups is 2. The van der Waals surface area contributed by atoms with Gasteiger partial charge < -0.3 is 23.9 Å². The summed E-state index contributed by atoms with van der Waals surface area (Å²) in [5, 5.41) is 11.2. The highest BCUT2D eigenvalue weighted by Crippen LogP contribution is 2.50. The Morgan fingerprint density at radius 3 is 1.46 bits per heavy atom. The largest absolute Gasteiger partial charge is 0.534 e. The molecule has 8 rings (SSSR count). The lowest BCUT2D eigenvalue weighted by Crippen LogP contribution is -2.44. The molecule has 0 spiro atoms. The summed E-state index contributed by atoms with van der Waals surface area (Å²) in [6.45, 7) is 10.6. The normalized spacial score (nSPS) is 18.1. The number of anilines is 3. The lowest BCUT2D eigenvalue weighted by Gasteiger charge is -2.33. The van der Waals surface area contributed by atoms with Gasteiger partial charge in [0.05, 0.1) is 11.4 Å². The minimum atomic E-state index is -5.76. The van der Waals surface area contributed by atoms with E-state index in [-0.39, 0.29) is 63.7 Å². The van der Waals surface area contributed by atoms with E-state index in [1.54, 1.807) is 76.8 Å². The van der Waals surface area contributed by atoms with Gasteiger partial charge in [-0.25, -0.2) is 9.59 Å². The van der Waals surface area contributed by atoms with Crippen LogP contribution >= 0.6 is 46.4 Å². The number of hydrogen-bond acceptors (Lipinski definition) is 9. The van der Waals surface area contributed by atoms with Gasteiger partial charge in [-0.1, -0.05) is 76.7 Å². The van der Waals surface area contributed by atoms with Crippen molar-refractivity contribution >= 4 is 107 Å². The quantitative estimate of drug-likeness (QED) is 0.0811. The first-order valence-corrected chi connectivity index (χ1v) is 26.4. The molecule has 2 atom stereocenters. The first kappa shape index (κ1) is 61.6. The number of ether oxygens (including phenoxy) is 2. The van der Waals surface area contributed by atoms with Gasteiger partial charge in [0, 0.05) is 56.2 Å². The van der Waals surface area contributed by atoms with E-state index in [2.05, 4.69) is 20.1 Å². The summed E-state index contributed by atoms with van der Waals surface area (Å²) >= 11 is 23.6. The highest BCUT2D eigenvalue weighted by molar-refractivity contribution is 7.88. The van der Waals surface area contributed by atoms with Crippen LogP contribution in [-0.2, 0) is 30.4 Å². The van der Waals surface area contributed by atoms with Crippen molar-refractivity contribution in [2.75, 3.05) is 41.7 Å². The molecular formula is C53H51Cl4F9N4O7S. The average Bonchev–Trinajstić information content (AvgIpc) is 3.98. The minimum absolute atomic E-state index is 0.00711. The summed E-state index contributed by atoms with van der Waals surface area (Å²) in [7, 11) is -5.76. The molecule has 2 heterocycles. The molecule has 0 aliphatic carbocycles. The zero-order valence-electron chi connectivity index (χ0n) is 42.3. The average molecular weight is 1200 g/mol. The van der Waals surface area contributed by atoms with Crippen LogP contribution in [0.4, 0.5) is 66.2 Å². The molecule has 0 bridgehead atoms. The standard InChI is InChI=1S/C26H25Cl2F3N2O2.C16H16F3NO5S.C11H10Cl2F3N/c1-24(2,3)35-23(34)32-22-6-4-5-16-11-20(7-8-21(16)22)33-10-9-25(15-33,26(29,30)31)17-12-18(27)14-19(28)13-17;1-15(2,3)24-14(21)20-13-6-4-5-10-9-11(7-8-12(10)13)25-26(22,23)16(17,18)19;12-8-3-7(4-9(13)5-8)10(11(14,15)16)1-2-17-6-10/h4-8,11-14H,9-10,15H2,1-3H3,(H,32,34);4-9H,1-3H3,(H,20,21);3-5,17H,1-2,6H2. The Kier molecular flexibility index (Phi) is 18.4. The number of fused-ring (bicyclic) bond motifs is 2. The van der Waals surface area contributed by atoms with Crippen molar-refractivity contribution in [3.05, 3.63) is 140 Å². The summed E-state index contributed by atoms with van der Waals surface area (Å²) in [6, 6.07) is 27.1. The van der Waals surface area contributed by atoms with Crippen molar-refractivity contribution in [2.24, 2.45) is 0 Å². The molecule has 2 aliphatic heterocycles. The molecule has 2 saturated heterocycles. The maximum atomic E-state index is 14.4. The second kappa shape index (κ2) is 23.3. The lowest BCUT2D eigenvalue weighted by atomic mass is 9.79. The fraction of sp³-hybridized carbons (Fsp3) is 0.358. The Hall–Kier alpha value is -5.58. The zero-order valence-corrected chi connectivity index (χ0v) is 46.1. The minimum Gasteiger partial charge on any atom is -0.444 e. The van der Waals surface area contributed by atoms with Crippen LogP contribution in [0.5, 0.6) is 5.75 Å². The van der Waals surface area contributed by atoms with E-state index >= 15 is 0 Å². The third-order valence-corrected chi connectivity index (χ3v) is 14.0. The first-order valence-electron chi connectivity index (χ1n) is 23.5. The SMILES string of the molecule is CC(C)(C)OC(=O)Nc1cccc2cc(N3CCC(c4cc(Cl)cc(Cl)c4)(C(F)(F)F)C3)ccc12.CC(C)(C)OC(=O)Nc1cccc2cc(OS(=O)(=O)C(F)(F)F)ccc12.FC(F)(F)C1(c2cc(Cl)cc(Cl)c2)CCNC1. The van der Waals surface area contributed by atoms with Crippen LogP contribution in [0.2, 0.25) is 20.1 Å². The maximum absolute atomic E-state index is 14.4. The van der Waals surface area contributed by atoms with Gasteiger partial charge >= 0.3 is 40.2 Å². The Morgan fingerprint density at radius 2 is 1.04 bits per heavy atom. The van der Waals surface area contributed by atoms with Gasteiger partial charge in [-0.15, -0.1) is 0 Å². The van der Waals surface area contributed by atoms with Crippen molar-refractivity contribution in [2.45, 2.75) is 94.3 Å². The molecule has 2 unspecified atom stereocenters. The number of benzene rings is 6. The Labute approximate surface area is 463 Å². The van der Waals surface area contributed by atoms with Gasteiger partial charge in [0.15, 0.2) is 0 Å². The van der Waals surface area contributed by atoms with E-state index in [9.17, 15) is 57.5 Å². The molecule has 0 saturated carbocycles. The van der Waals surface area contributed by atoms with Gasteiger partial charge in [0.2, 0.25) is 0 Å². The molecule has 3 N–H and O–H groups in total. The number of amides is 2. The number of alkyl halides is 9. The highest BCUT2D eigenvalue weighted by atomic mass is 35.5. The monoisotopic (exact) mass is 1200 g/mol.